The maximum atomic E-state index is 10.9. The summed E-state index contributed by atoms with van der Waals surface area (Å²) in [6.45, 7) is 2.10. The second kappa shape index (κ2) is 4.66. The van der Waals surface area contributed by atoms with E-state index in [4.69, 9.17) is 4.74 Å². The number of ether oxygens (including phenoxy) is 1. The molecule has 2 rings (SSSR count). The van der Waals surface area contributed by atoms with Gasteiger partial charge in [0.1, 0.15) is 11.5 Å². The summed E-state index contributed by atoms with van der Waals surface area (Å²) in [5, 5.41) is 0. The van der Waals surface area contributed by atoms with Crippen LogP contribution in [-0.4, -0.2) is 4.98 Å². The maximum absolute atomic E-state index is 10.9. The number of hydrogen-bond acceptors (Lipinski definition) is 2. The molecule has 0 aliphatic heterocycles. The molecule has 0 fully saturated rings. The van der Waals surface area contributed by atoms with Gasteiger partial charge in [-0.05, 0) is 30.2 Å². The van der Waals surface area contributed by atoms with Crippen LogP contribution in [0.1, 0.15) is 12.5 Å². The van der Waals surface area contributed by atoms with E-state index in [1.54, 1.807) is 12.3 Å². The highest BCUT2D eigenvalue weighted by Gasteiger charge is 1.97. The minimum atomic E-state index is -0.130. The first-order valence-electron chi connectivity index (χ1n) is 5.23. The van der Waals surface area contributed by atoms with Gasteiger partial charge in [0, 0.05) is 12.3 Å². The number of H-pyrrole nitrogens is 1. The highest BCUT2D eigenvalue weighted by atomic mass is 16.5. The lowest BCUT2D eigenvalue weighted by molar-refractivity contribution is 0.479. The Labute approximate surface area is 93.7 Å². The zero-order chi connectivity index (χ0) is 11.4. The Morgan fingerprint density at radius 2 is 2.06 bits per heavy atom. The van der Waals surface area contributed by atoms with Crippen LogP contribution in [0.25, 0.3) is 0 Å². The second-order valence-corrected chi connectivity index (χ2v) is 3.49. The van der Waals surface area contributed by atoms with Crippen LogP contribution < -0.4 is 10.3 Å². The number of nitrogens with one attached hydrogen (secondary N) is 1. The van der Waals surface area contributed by atoms with Crippen LogP contribution in [0.4, 0.5) is 0 Å². The Balaban J connectivity index is 2.20. The summed E-state index contributed by atoms with van der Waals surface area (Å²) in [4.78, 5) is 13.4. The fourth-order valence-corrected chi connectivity index (χ4v) is 1.42. The normalized spacial score (nSPS) is 10.1. The predicted octanol–water partition coefficient (Wildman–Crippen LogP) is 2.73. The summed E-state index contributed by atoms with van der Waals surface area (Å²) in [6.07, 6.45) is 2.53. The molecule has 1 heterocycles. The third kappa shape index (κ3) is 2.51. The van der Waals surface area contributed by atoms with Gasteiger partial charge >= 0.3 is 0 Å². The molecule has 3 nitrogen and oxygen atoms in total. The Morgan fingerprint density at radius 1 is 1.19 bits per heavy atom. The zero-order valence-corrected chi connectivity index (χ0v) is 9.07. The number of rotatable bonds is 3. The molecular weight excluding hydrogens is 202 g/mol. The van der Waals surface area contributed by atoms with Crippen molar-refractivity contribution in [3.8, 4) is 11.5 Å². The minimum Gasteiger partial charge on any atom is -0.456 e. The summed E-state index contributed by atoms with van der Waals surface area (Å²) in [7, 11) is 0. The van der Waals surface area contributed by atoms with Gasteiger partial charge in [0.15, 0.2) is 0 Å². The molecular formula is C13H13NO2. The summed E-state index contributed by atoms with van der Waals surface area (Å²) in [6, 6.07) is 11.0. The van der Waals surface area contributed by atoms with Crippen LogP contribution in [0.15, 0.2) is 47.4 Å². The average Bonchev–Trinajstić information content (AvgIpc) is 2.32. The summed E-state index contributed by atoms with van der Waals surface area (Å²) < 4.78 is 5.61. The van der Waals surface area contributed by atoms with Crippen molar-refractivity contribution in [1.29, 1.82) is 0 Å². The Bertz CT molecular complexity index is 511. The van der Waals surface area contributed by atoms with E-state index in [1.807, 2.05) is 18.2 Å². The molecule has 0 spiro atoms. The van der Waals surface area contributed by atoms with Crippen molar-refractivity contribution in [2.75, 3.05) is 0 Å². The standard InChI is InChI=1S/C13H13NO2/c1-2-10-4-3-5-11(8-10)16-12-6-7-13(15)14-9-12/h3-9H,2H2,1H3,(H,14,15). The third-order valence-electron chi connectivity index (χ3n) is 2.30. The molecule has 0 amide bonds. The average molecular weight is 215 g/mol. The number of pyridine rings is 1. The van der Waals surface area contributed by atoms with Gasteiger partial charge in [-0.1, -0.05) is 19.1 Å². The lowest BCUT2D eigenvalue weighted by Gasteiger charge is -2.06. The third-order valence-corrected chi connectivity index (χ3v) is 2.30. The van der Waals surface area contributed by atoms with Gasteiger partial charge in [-0.3, -0.25) is 4.79 Å². The molecule has 0 bridgehead atoms. The summed E-state index contributed by atoms with van der Waals surface area (Å²) in [5.74, 6) is 1.42. The van der Waals surface area contributed by atoms with Crippen molar-refractivity contribution in [3.63, 3.8) is 0 Å². The molecule has 0 aliphatic rings. The molecule has 0 aliphatic carbocycles. The number of aryl methyl sites for hydroxylation is 1. The van der Waals surface area contributed by atoms with Crippen LogP contribution in [-0.2, 0) is 6.42 Å². The minimum absolute atomic E-state index is 0.130. The highest BCUT2D eigenvalue weighted by molar-refractivity contribution is 5.32. The SMILES string of the molecule is CCc1cccc(Oc2ccc(=O)[nH]c2)c1. The van der Waals surface area contributed by atoms with E-state index >= 15 is 0 Å². The maximum Gasteiger partial charge on any atom is 0.248 e. The molecule has 0 saturated heterocycles. The van der Waals surface area contributed by atoms with E-state index in [1.165, 1.54) is 11.6 Å². The first kappa shape index (κ1) is 10.5. The molecule has 0 saturated carbocycles. The Kier molecular flexibility index (Phi) is 3.05. The van der Waals surface area contributed by atoms with Gasteiger partial charge in [0.05, 0.1) is 0 Å². The van der Waals surface area contributed by atoms with Gasteiger partial charge in [0.25, 0.3) is 0 Å². The van der Waals surface area contributed by atoms with Crippen molar-refractivity contribution in [2.45, 2.75) is 13.3 Å². The van der Waals surface area contributed by atoms with Crippen molar-refractivity contribution in [2.24, 2.45) is 0 Å². The summed E-state index contributed by atoms with van der Waals surface area (Å²) >= 11 is 0. The Hall–Kier alpha value is -2.03. The molecule has 0 radical (unpaired) electrons. The first-order valence-corrected chi connectivity index (χ1v) is 5.23. The molecule has 2 aromatic rings. The van der Waals surface area contributed by atoms with E-state index in [9.17, 15) is 4.79 Å². The van der Waals surface area contributed by atoms with Crippen LogP contribution in [0.2, 0.25) is 0 Å². The van der Waals surface area contributed by atoms with Crippen molar-refractivity contribution >= 4 is 0 Å². The van der Waals surface area contributed by atoms with E-state index < -0.39 is 0 Å². The van der Waals surface area contributed by atoms with Crippen LogP contribution in [0.3, 0.4) is 0 Å². The quantitative estimate of drug-likeness (QED) is 0.855. The largest absolute Gasteiger partial charge is 0.456 e. The molecule has 3 heteroatoms. The fraction of sp³-hybridized carbons (Fsp3) is 0.154. The lowest BCUT2D eigenvalue weighted by Crippen LogP contribution is -2.01. The monoisotopic (exact) mass is 215 g/mol. The van der Waals surface area contributed by atoms with Gasteiger partial charge < -0.3 is 9.72 Å². The topological polar surface area (TPSA) is 42.1 Å². The van der Waals surface area contributed by atoms with Crippen LogP contribution in [0.5, 0.6) is 11.5 Å². The zero-order valence-electron chi connectivity index (χ0n) is 9.07. The molecule has 16 heavy (non-hydrogen) atoms. The first-order chi connectivity index (χ1) is 7.78. The van der Waals surface area contributed by atoms with Crippen molar-refractivity contribution in [1.82, 2.24) is 4.98 Å². The fourth-order valence-electron chi connectivity index (χ4n) is 1.42. The van der Waals surface area contributed by atoms with E-state index in [-0.39, 0.29) is 5.56 Å². The second-order valence-electron chi connectivity index (χ2n) is 3.49. The summed E-state index contributed by atoms with van der Waals surface area (Å²) in [5.41, 5.74) is 1.09. The highest BCUT2D eigenvalue weighted by Crippen LogP contribution is 2.20. The van der Waals surface area contributed by atoms with Gasteiger partial charge in [-0.2, -0.15) is 0 Å². The van der Waals surface area contributed by atoms with Crippen LogP contribution >= 0.6 is 0 Å². The lowest BCUT2D eigenvalue weighted by atomic mass is 10.2. The Morgan fingerprint density at radius 3 is 2.75 bits per heavy atom. The van der Waals surface area contributed by atoms with Crippen molar-refractivity contribution in [3.05, 3.63) is 58.5 Å². The molecule has 0 unspecified atom stereocenters. The number of aromatic nitrogens is 1. The molecule has 1 aromatic carbocycles. The number of hydrogen-bond donors (Lipinski definition) is 1. The molecule has 1 N–H and O–H groups in total. The van der Waals surface area contributed by atoms with E-state index in [2.05, 4.69) is 18.0 Å². The smallest absolute Gasteiger partial charge is 0.248 e. The van der Waals surface area contributed by atoms with E-state index in [0.29, 0.717) is 5.75 Å². The van der Waals surface area contributed by atoms with Gasteiger partial charge in [-0.15, -0.1) is 0 Å². The number of benzene rings is 1. The van der Waals surface area contributed by atoms with Crippen LogP contribution in [0, 0.1) is 0 Å². The van der Waals surface area contributed by atoms with Gasteiger partial charge in [-0.25, -0.2) is 0 Å². The van der Waals surface area contributed by atoms with Crippen molar-refractivity contribution < 1.29 is 4.74 Å². The molecule has 0 atom stereocenters. The molecule has 82 valence electrons. The number of aromatic amines is 1. The van der Waals surface area contributed by atoms with Gasteiger partial charge in [0.2, 0.25) is 5.56 Å². The predicted molar refractivity (Wildman–Crippen MR) is 63.0 cm³/mol. The van der Waals surface area contributed by atoms with E-state index in [0.717, 1.165) is 12.2 Å². The molecule has 1 aromatic heterocycles.